The normalized spacial score (nSPS) is 22.6. The summed E-state index contributed by atoms with van der Waals surface area (Å²) in [6.07, 6.45) is 3.93. The van der Waals surface area contributed by atoms with Crippen molar-refractivity contribution in [2.75, 3.05) is 6.54 Å². The SMILES string of the molecule is CCN(C(=O)c1cc(Br)ccc1Cl)C1CCC(N)CC1. The summed E-state index contributed by atoms with van der Waals surface area (Å²) in [6.45, 7) is 2.71. The summed E-state index contributed by atoms with van der Waals surface area (Å²) in [7, 11) is 0. The molecule has 3 nitrogen and oxygen atoms in total. The van der Waals surface area contributed by atoms with E-state index in [1.807, 2.05) is 17.9 Å². The van der Waals surface area contributed by atoms with E-state index < -0.39 is 0 Å². The van der Waals surface area contributed by atoms with Crippen molar-refractivity contribution in [1.29, 1.82) is 0 Å². The third kappa shape index (κ3) is 3.54. The maximum absolute atomic E-state index is 12.7. The molecule has 1 aromatic carbocycles. The second-order valence-electron chi connectivity index (χ2n) is 5.28. The van der Waals surface area contributed by atoms with Gasteiger partial charge in [-0.05, 0) is 50.8 Å². The Bertz CT molecular complexity index is 487. The van der Waals surface area contributed by atoms with Gasteiger partial charge in [0.1, 0.15) is 0 Å². The predicted molar refractivity (Wildman–Crippen MR) is 86.1 cm³/mol. The van der Waals surface area contributed by atoms with Gasteiger partial charge in [-0.15, -0.1) is 0 Å². The maximum Gasteiger partial charge on any atom is 0.255 e. The zero-order chi connectivity index (χ0) is 14.7. The molecule has 0 radical (unpaired) electrons. The van der Waals surface area contributed by atoms with Crippen molar-refractivity contribution in [3.8, 4) is 0 Å². The van der Waals surface area contributed by atoms with E-state index in [1.165, 1.54) is 0 Å². The lowest BCUT2D eigenvalue weighted by Gasteiger charge is -2.35. The molecule has 0 heterocycles. The summed E-state index contributed by atoms with van der Waals surface area (Å²) in [4.78, 5) is 14.6. The van der Waals surface area contributed by atoms with Crippen molar-refractivity contribution in [2.45, 2.75) is 44.7 Å². The Hall–Kier alpha value is -0.580. The first-order valence-corrected chi connectivity index (χ1v) is 8.21. The van der Waals surface area contributed by atoms with Crippen molar-refractivity contribution >= 4 is 33.4 Å². The number of benzene rings is 1. The Morgan fingerprint density at radius 2 is 2.05 bits per heavy atom. The van der Waals surface area contributed by atoms with Gasteiger partial charge < -0.3 is 10.6 Å². The minimum Gasteiger partial charge on any atom is -0.336 e. The van der Waals surface area contributed by atoms with Crippen LogP contribution in [-0.2, 0) is 0 Å². The number of carbonyl (C=O) groups excluding carboxylic acids is 1. The molecule has 0 aliphatic heterocycles. The number of hydrogen-bond donors (Lipinski definition) is 1. The molecule has 0 spiro atoms. The molecule has 0 unspecified atom stereocenters. The zero-order valence-electron chi connectivity index (χ0n) is 11.6. The molecule has 1 fully saturated rings. The number of carbonyl (C=O) groups is 1. The van der Waals surface area contributed by atoms with Crippen LogP contribution in [0, 0.1) is 0 Å². The van der Waals surface area contributed by atoms with Crippen molar-refractivity contribution in [2.24, 2.45) is 5.73 Å². The Labute approximate surface area is 133 Å². The van der Waals surface area contributed by atoms with Gasteiger partial charge in [0, 0.05) is 23.1 Å². The monoisotopic (exact) mass is 358 g/mol. The summed E-state index contributed by atoms with van der Waals surface area (Å²) in [6, 6.07) is 5.96. The molecular weight excluding hydrogens is 340 g/mol. The molecule has 0 bridgehead atoms. The third-order valence-corrected chi connectivity index (χ3v) is 4.77. The second-order valence-corrected chi connectivity index (χ2v) is 6.61. The smallest absolute Gasteiger partial charge is 0.255 e. The highest BCUT2D eigenvalue weighted by atomic mass is 79.9. The first-order valence-electron chi connectivity index (χ1n) is 7.04. The Morgan fingerprint density at radius 1 is 1.40 bits per heavy atom. The lowest BCUT2D eigenvalue weighted by Crippen LogP contribution is -2.44. The van der Waals surface area contributed by atoms with Crippen LogP contribution in [-0.4, -0.2) is 29.4 Å². The van der Waals surface area contributed by atoms with Crippen LogP contribution in [0.4, 0.5) is 0 Å². The van der Waals surface area contributed by atoms with E-state index in [0.717, 1.165) is 30.2 Å². The van der Waals surface area contributed by atoms with Crippen LogP contribution < -0.4 is 5.73 Å². The van der Waals surface area contributed by atoms with Crippen LogP contribution >= 0.6 is 27.5 Å². The molecule has 1 aromatic rings. The predicted octanol–water partition coefficient (Wildman–Crippen LogP) is 3.83. The van der Waals surface area contributed by atoms with Crippen LogP contribution in [0.5, 0.6) is 0 Å². The molecule has 1 aliphatic carbocycles. The van der Waals surface area contributed by atoms with E-state index in [4.69, 9.17) is 17.3 Å². The van der Waals surface area contributed by atoms with Gasteiger partial charge in [0.25, 0.3) is 5.91 Å². The second kappa shape index (κ2) is 6.92. The summed E-state index contributed by atoms with van der Waals surface area (Å²) in [5.41, 5.74) is 6.51. The number of nitrogens with zero attached hydrogens (tertiary/aromatic N) is 1. The molecule has 2 N–H and O–H groups in total. The van der Waals surface area contributed by atoms with Crippen molar-refractivity contribution in [3.05, 3.63) is 33.3 Å². The van der Waals surface area contributed by atoms with Gasteiger partial charge in [-0.3, -0.25) is 4.79 Å². The number of amides is 1. The van der Waals surface area contributed by atoms with Gasteiger partial charge in [-0.25, -0.2) is 0 Å². The van der Waals surface area contributed by atoms with Gasteiger partial charge >= 0.3 is 0 Å². The first-order chi connectivity index (χ1) is 9.52. The molecule has 1 amide bonds. The average Bonchev–Trinajstić information content (AvgIpc) is 2.44. The summed E-state index contributed by atoms with van der Waals surface area (Å²) in [5, 5.41) is 0.504. The lowest BCUT2D eigenvalue weighted by atomic mass is 9.90. The molecule has 5 heteroatoms. The summed E-state index contributed by atoms with van der Waals surface area (Å²) < 4.78 is 0.868. The van der Waals surface area contributed by atoms with Crippen LogP contribution in [0.1, 0.15) is 43.0 Å². The lowest BCUT2D eigenvalue weighted by molar-refractivity contribution is 0.0641. The van der Waals surface area contributed by atoms with Crippen molar-refractivity contribution in [3.63, 3.8) is 0 Å². The first kappa shape index (κ1) is 15.8. The minimum absolute atomic E-state index is 0.0132. The number of nitrogens with two attached hydrogens (primary N) is 1. The number of hydrogen-bond acceptors (Lipinski definition) is 2. The molecule has 0 aromatic heterocycles. The van der Waals surface area contributed by atoms with E-state index in [2.05, 4.69) is 15.9 Å². The zero-order valence-corrected chi connectivity index (χ0v) is 14.0. The van der Waals surface area contributed by atoms with Gasteiger partial charge in [-0.1, -0.05) is 27.5 Å². The Balaban J connectivity index is 2.18. The van der Waals surface area contributed by atoms with Crippen molar-refractivity contribution in [1.82, 2.24) is 4.90 Å². The summed E-state index contributed by atoms with van der Waals surface area (Å²) in [5.74, 6) is 0.0132. The van der Waals surface area contributed by atoms with Gasteiger partial charge in [-0.2, -0.15) is 0 Å². The quantitative estimate of drug-likeness (QED) is 0.891. The fraction of sp³-hybridized carbons (Fsp3) is 0.533. The van der Waals surface area contributed by atoms with Crippen LogP contribution in [0.25, 0.3) is 0 Å². The highest BCUT2D eigenvalue weighted by Gasteiger charge is 2.28. The van der Waals surface area contributed by atoms with E-state index in [9.17, 15) is 4.79 Å². The van der Waals surface area contributed by atoms with Crippen LogP contribution in [0.15, 0.2) is 22.7 Å². The highest BCUT2D eigenvalue weighted by Crippen LogP contribution is 2.27. The summed E-state index contributed by atoms with van der Waals surface area (Å²) >= 11 is 9.56. The van der Waals surface area contributed by atoms with E-state index >= 15 is 0 Å². The Morgan fingerprint density at radius 3 is 2.65 bits per heavy atom. The third-order valence-electron chi connectivity index (χ3n) is 3.94. The fourth-order valence-corrected chi connectivity index (χ4v) is 3.36. The molecule has 20 heavy (non-hydrogen) atoms. The molecule has 1 saturated carbocycles. The van der Waals surface area contributed by atoms with Gasteiger partial charge in [0.15, 0.2) is 0 Å². The topological polar surface area (TPSA) is 46.3 Å². The Kier molecular flexibility index (Phi) is 5.47. The van der Waals surface area contributed by atoms with Gasteiger partial charge in [0.05, 0.1) is 10.6 Å². The number of halogens is 2. The van der Waals surface area contributed by atoms with Crippen LogP contribution in [0.2, 0.25) is 5.02 Å². The minimum atomic E-state index is 0.0132. The van der Waals surface area contributed by atoms with E-state index in [1.54, 1.807) is 12.1 Å². The highest BCUT2D eigenvalue weighted by molar-refractivity contribution is 9.10. The number of rotatable bonds is 3. The van der Waals surface area contributed by atoms with E-state index in [-0.39, 0.29) is 18.0 Å². The van der Waals surface area contributed by atoms with Gasteiger partial charge in [0.2, 0.25) is 0 Å². The molecule has 0 atom stereocenters. The fourth-order valence-electron chi connectivity index (χ4n) is 2.80. The largest absolute Gasteiger partial charge is 0.336 e. The maximum atomic E-state index is 12.7. The molecule has 110 valence electrons. The van der Waals surface area contributed by atoms with E-state index in [0.29, 0.717) is 17.1 Å². The molecule has 0 saturated heterocycles. The average molecular weight is 360 g/mol. The standard InChI is InChI=1S/C15H20BrClN2O/c1-2-19(12-6-4-11(18)5-7-12)15(20)13-9-10(16)3-8-14(13)17/h3,8-9,11-12H,2,4-7,18H2,1H3. The molecule has 2 rings (SSSR count). The van der Waals surface area contributed by atoms with Crippen LogP contribution in [0.3, 0.4) is 0 Å². The molecule has 1 aliphatic rings. The molecular formula is C15H20BrClN2O. The van der Waals surface area contributed by atoms with Crippen molar-refractivity contribution < 1.29 is 4.79 Å².